The largest absolute Gasteiger partial charge is 0.453 e. The molecule has 15 nitrogen and oxygen atoms in total. The van der Waals surface area contributed by atoms with E-state index >= 15 is 0 Å². The number of methoxy groups -OCH3 is 3. The zero-order valence-corrected chi connectivity index (χ0v) is 36.6. The summed E-state index contributed by atoms with van der Waals surface area (Å²) in [6, 6.07) is 19.3. The number of fused-ring (bicyclic) bond motifs is 3. The van der Waals surface area contributed by atoms with Gasteiger partial charge in [-0.15, -0.1) is 0 Å². The van der Waals surface area contributed by atoms with E-state index < -0.39 is 30.4 Å². The summed E-state index contributed by atoms with van der Waals surface area (Å²) in [6.07, 6.45) is 7.68. The van der Waals surface area contributed by atoms with Gasteiger partial charge in [-0.2, -0.15) is 0 Å². The SMILES string of the molecule is COC(=O)NC(C(=O)N1CC2(CC2)C[C@H]1c1ncc(-c2ccc3cc(-c4ccc(-c5cnc(C6C7CCC(C7)N6C(=O)[C@@H](NC(=O)OC)C(C)C)[nH]5)cc4)ccc3c2)[nH]1)C(C)OC. The number of imidazole rings is 2. The van der Waals surface area contributed by atoms with Gasteiger partial charge in [0.2, 0.25) is 11.8 Å². The lowest BCUT2D eigenvalue weighted by Gasteiger charge is -2.37. The number of ether oxygens (including phenoxy) is 3. The molecule has 4 amide bonds. The fourth-order valence-electron chi connectivity index (χ4n) is 10.2. The van der Waals surface area contributed by atoms with Crippen LogP contribution >= 0.6 is 0 Å². The number of aromatic amines is 2. The molecule has 4 aliphatic rings. The molecule has 2 bridgehead atoms. The van der Waals surface area contributed by atoms with Crippen molar-refractivity contribution in [3.63, 3.8) is 0 Å². The van der Waals surface area contributed by atoms with Gasteiger partial charge in [0.15, 0.2) is 0 Å². The molecule has 7 atom stereocenters. The minimum atomic E-state index is -0.896. The van der Waals surface area contributed by atoms with Crippen molar-refractivity contribution in [1.29, 1.82) is 0 Å². The Labute approximate surface area is 366 Å². The minimum Gasteiger partial charge on any atom is -0.453 e. The molecule has 15 heteroatoms. The lowest BCUT2D eigenvalue weighted by atomic mass is 9.95. The van der Waals surface area contributed by atoms with Crippen molar-refractivity contribution in [2.75, 3.05) is 27.9 Å². The van der Waals surface area contributed by atoms with E-state index in [9.17, 15) is 19.2 Å². The highest BCUT2D eigenvalue weighted by Crippen LogP contribution is 2.58. The first-order chi connectivity index (χ1) is 30.4. The number of aromatic nitrogens is 4. The van der Waals surface area contributed by atoms with Gasteiger partial charge in [0.1, 0.15) is 23.7 Å². The summed E-state index contributed by atoms with van der Waals surface area (Å²) in [5, 5.41) is 7.63. The number of likely N-dealkylation sites (tertiary alicyclic amines) is 2. The third-order valence-corrected chi connectivity index (χ3v) is 14.0. The molecule has 330 valence electrons. The fourth-order valence-corrected chi connectivity index (χ4v) is 10.2. The second kappa shape index (κ2) is 16.8. The van der Waals surface area contributed by atoms with E-state index in [4.69, 9.17) is 24.2 Å². The Balaban J connectivity index is 0.894. The highest BCUT2D eigenvalue weighted by Gasteiger charge is 2.55. The van der Waals surface area contributed by atoms with Gasteiger partial charge in [-0.05, 0) is 102 Å². The average molecular weight is 857 g/mol. The Kier molecular flexibility index (Phi) is 11.2. The van der Waals surface area contributed by atoms with Crippen LogP contribution in [0.2, 0.25) is 0 Å². The number of piperidine rings is 1. The summed E-state index contributed by atoms with van der Waals surface area (Å²) in [4.78, 5) is 72.8. The highest BCUT2D eigenvalue weighted by molar-refractivity contribution is 5.91. The summed E-state index contributed by atoms with van der Waals surface area (Å²) >= 11 is 0. The van der Waals surface area contributed by atoms with E-state index in [1.807, 2.05) is 36.0 Å². The maximum atomic E-state index is 14.0. The molecule has 2 aromatic heterocycles. The Morgan fingerprint density at radius 3 is 1.97 bits per heavy atom. The number of H-pyrrole nitrogens is 2. The zero-order chi connectivity index (χ0) is 44.2. The van der Waals surface area contributed by atoms with Crippen LogP contribution in [-0.4, -0.2) is 106 Å². The fraction of sp³-hybridized carbons (Fsp3) is 0.458. The lowest BCUT2D eigenvalue weighted by Crippen LogP contribution is -2.54. The number of hydrogen-bond donors (Lipinski definition) is 4. The molecule has 2 saturated heterocycles. The molecule has 3 aromatic carbocycles. The number of amides is 4. The third kappa shape index (κ3) is 8.03. The molecule has 2 aliphatic heterocycles. The van der Waals surface area contributed by atoms with Gasteiger partial charge in [-0.25, -0.2) is 19.6 Å². The van der Waals surface area contributed by atoms with Crippen molar-refractivity contribution >= 4 is 34.8 Å². The monoisotopic (exact) mass is 856 g/mol. The first-order valence-corrected chi connectivity index (χ1v) is 22.0. The van der Waals surface area contributed by atoms with Crippen molar-refractivity contribution in [2.45, 2.75) is 95.6 Å². The summed E-state index contributed by atoms with van der Waals surface area (Å²) in [7, 11) is 4.10. The summed E-state index contributed by atoms with van der Waals surface area (Å²) in [5.74, 6) is 1.39. The number of nitrogens with zero attached hydrogens (tertiary/aromatic N) is 4. The van der Waals surface area contributed by atoms with E-state index in [0.29, 0.717) is 12.5 Å². The van der Waals surface area contributed by atoms with Crippen LogP contribution < -0.4 is 10.6 Å². The molecule has 1 spiro atoms. The number of alkyl carbamates (subject to hydrolysis) is 2. The molecule has 9 rings (SSSR count). The molecule has 2 saturated carbocycles. The number of rotatable bonds is 12. The number of benzene rings is 3. The minimum absolute atomic E-state index is 0.0776. The molecule has 4 fully saturated rings. The molecule has 5 unspecified atom stereocenters. The Bertz CT molecular complexity index is 2530. The van der Waals surface area contributed by atoms with Gasteiger partial charge in [0.25, 0.3) is 0 Å². The first-order valence-electron chi connectivity index (χ1n) is 22.0. The van der Waals surface area contributed by atoms with Crippen molar-refractivity contribution in [3.05, 3.63) is 84.7 Å². The molecular weight excluding hydrogens is 801 g/mol. The maximum Gasteiger partial charge on any atom is 0.407 e. The predicted octanol–water partition coefficient (Wildman–Crippen LogP) is 7.53. The number of carbonyl (C=O) groups is 4. The topological polar surface area (TPSA) is 184 Å². The molecule has 2 aliphatic carbocycles. The first kappa shape index (κ1) is 42.1. The van der Waals surface area contributed by atoms with Crippen molar-refractivity contribution in [1.82, 2.24) is 40.4 Å². The van der Waals surface area contributed by atoms with Crippen LogP contribution in [0.25, 0.3) is 44.4 Å². The van der Waals surface area contributed by atoms with E-state index in [1.54, 1.807) is 6.92 Å². The Hall–Kier alpha value is -6.22. The second-order valence-corrected chi connectivity index (χ2v) is 18.2. The van der Waals surface area contributed by atoms with Crippen molar-refractivity contribution < 1.29 is 33.4 Å². The van der Waals surface area contributed by atoms with Gasteiger partial charge >= 0.3 is 12.2 Å². The maximum absolute atomic E-state index is 14.0. The summed E-state index contributed by atoms with van der Waals surface area (Å²) in [6.45, 7) is 6.22. The van der Waals surface area contributed by atoms with Gasteiger partial charge in [0, 0.05) is 25.3 Å². The van der Waals surface area contributed by atoms with Crippen LogP contribution in [0.4, 0.5) is 9.59 Å². The Morgan fingerprint density at radius 2 is 1.32 bits per heavy atom. The number of carbonyl (C=O) groups excluding carboxylic acids is 4. The van der Waals surface area contributed by atoms with E-state index in [-0.39, 0.29) is 41.3 Å². The van der Waals surface area contributed by atoms with Crippen LogP contribution in [0.1, 0.15) is 83.0 Å². The van der Waals surface area contributed by atoms with Crippen LogP contribution in [0.5, 0.6) is 0 Å². The van der Waals surface area contributed by atoms with E-state index in [0.717, 1.165) is 94.6 Å². The lowest BCUT2D eigenvalue weighted by molar-refractivity contribution is -0.139. The van der Waals surface area contributed by atoms with Crippen LogP contribution in [0.3, 0.4) is 0 Å². The molecular formula is C48H56N8O7. The predicted molar refractivity (Wildman–Crippen MR) is 236 cm³/mol. The quantitative estimate of drug-likeness (QED) is 0.0985. The third-order valence-electron chi connectivity index (χ3n) is 14.0. The smallest absolute Gasteiger partial charge is 0.407 e. The van der Waals surface area contributed by atoms with Gasteiger partial charge in [-0.1, -0.05) is 62.4 Å². The number of hydrogen-bond acceptors (Lipinski definition) is 9. The standard InChI is InChI=1S/C48H56N8O7/c1-26(2)39(53-46(59)62-5)45(58)56-35-16-15-34(21-35)41(56)43-50-23-36(52-43)29-9-7-28(8-10-29)30-11-12-32-20-33(14-13-31(32)19-30)37-24-49-42(51-37)38-22-48(17-18-48)25-55(38)44(57)40(27(3)61-4)54-47(60)63-6/h7-14,19-20,23-24,26-27,34-35,38-41H,15-18,21-22,25H2,1-6H3,(H,49,51)(H,50,52)(H,53,59)(H,54,60)/t27?,34?,35?,38-,39-,40?,41?/m0/s1. The number of nitrogens with one attached hydrogen (secondary N) is 4. The molecule has 4 N–H and O–H groups in total. The van der Waals surface area contributed by atoms with Crippen LogP contribution in [0.15, 0.2) is 73.1 Å². The summed E-state index contributed by atoms with van der Waals surface area (Å²) in [5.41, 5.74) is 5.98. The molecule has 4 heterocycles. The van der Waals surface area contributed by atoms with Crippen LogP contribution in [0, 0.1) is 17.3 Å². The second-order valence-electron chi connectivity index (χ2n) is 18.2. The van der Waals surface area contributed by atoms with E-state index in [1.165, 1.54) is 21.3 Å². The average Bonchev–Trinajstić information content (AvgIpc) is 3.94. The molecule has 0 radical (unpaired) electrons. The van der Waals surface area contributed by atoms with Crippen molar-refractivity contribution in [3.8, 4) is 33.6 Å². The molecule has 63 heavy (non-hydrogen) atoms. The van der Waals surface area contributed by atoms with E-state index in [2.05, 4.69) is 81.3 Å². The normalized spacial score (nSPS) is 22.3. The van der Waals surface area contributed by atoms with Crippen molar-refractivity contribution in [2.24, 2.45) is 17.3 Å². The van der Waals surface area contributed by atoms with Crippen LogP contribution in [-0.2, 0) is 23.8 Å². The Morgan fingerprint density at radius 1 is 0.730 bits per heavy atom. The van der Waals surface area contributed by atoms with Gasteiger partial charge < -0.3 is 44.6 Å². The van der Waals surface area contributed by atoms with Gasteiger partial charge in [0.05, 0.1) is 56.2 Å². The van der Waals surface area contributed by atoms with Gasteiger partial charge in [-0.3, -0.25) is 9.59 Å². The summed E-state index contributed by atoms with van der Waals surface area (Å²) < 4.78 is 15.1. The zero-order valence-electron chi connectivity index (χ0n) is 36.6. The molecule has 5 aromatic rings. The highest BCUT2D eigenvalue weighted by atomic mass is 16.5.